The van der Waals surface area contributed by atoms with Crippen LogP contribution < -0.4 is 10.5 Å². The number of hydrogen-bond donors (Lipinski definition) is 3. The zero-order chi connectivity index (χ0) is 15.2. The maximum Gasteiger partial charge on any atom is 0.269 e. The molecule has 1 aliphatic rings. The lowest BCUT2D eigenvalue weighted by Crippen LogP contribution is -2.33. The molecule has 1 saturated carbocycles. The highest BCUT2D eigenvalue weighted by molar-refractivity contribution is 7.91. The second kappa shape index (κ2) is 4.55. The highest BCUT2D eigenvalue weighted by Gasteiger charge is 2.37. The molecule has 1 aromatic carbocycles. The largest absolute Gasteiger partial charge is 0.364 e. The molecule has 2 amide bonds. The molecule has 1 fully saturated rings. The van der Waals surface area contributed by atoms with Gasteiger partial charge in [-0.15, -0.1) is 0 Å². The molecule has 3 rings (SSSR count). The maximum atomic E-state index is 12.0. The number of H-pyrrole nitrogens is 1. The second-order valence-electron chi connectivity index (χ2n) is 4.87. The molecule has 0 bridgehead atoms. The Labute approximate surface area is 119 Å². The van der Waals surface area contributed by atoms with Crippen LogP contribution in [0.4, 0.5) is 0 Å². The number of benzene rings is 1. The van der Waals surface area contributed by atoms with Crippen LogP contribution in [-0.4, -0.2) is 35.7 Å². The van der Waals surface area contributed by atoms with Gasteiger partial charge in [-0.25, -0.2) is 13.1 Å². The van der Waals surface area contributed by atoms with Crippen LogP contribution >= 0.6 is 0 Å². The molecule has 2 aromatic rings. The first-order valence-electron chi connectivity index (χ1n) is 6.22. The third-order valence-corrected chi connectivity index (χ3v) is 5.08. The van der Waals surface area contributed by atoms with Gasteiger partial charge < -0.3 is 5.73 Å². The minimum atomic E-state index is -3.60. The molecular weight excluding hydrogens is 296 g/mol. The van der Waals surface area contributed by atoms with Crippen LogP contribution in [0.2, 0.25) is 0 Å². The van der Waals surface area contributed by atoms with Gasteiger partial charge in [0.2, 0.25) is 10.0 Å². The number of sulfonamides is 1. The normalized spacial score (nSPS) is 15.0. The van der Waals surface area contributed by atoms with Gasteiger partial charge in [-0.2, -0.15) is 5.10 Å². The van der Waals surface area contributed by atoms with Crippen molar-refractivity contribution in [3.05, 3.63) is 29.5 Å². The van der Waals surface area contributed by atoms with E-state index in [4.69, 9.17) is 5.73 Å². The van der Waals surface area contributed by atoms with Gasteiger partial charge in [-0.3, -0.25) is 14.7 Å². The number of aromatic nitrogens is 2. The van der Waals surface area contributed by atoms with E-state index in [1.54, 1.807) is 0 Å². The third kappa shape index (κ3) is 2.47. The van der Waals surface area contributed by atoms with E-state index in [0.29, 0.717) is 23.7 Å². The Kier molecular flexibility index (Phi) is 2.94. The summed E-state index contributed by atoms with van der Waals surface area (Å²) in [4.78, 5) is 23.1. The van der Waals surface area contributed by atoms with Gasteiger partial charge in [0, 0.05) is 10.9 Å². The Morgan fingerprint density at radius 3 is 2.67 bits per heavy atom. The summed E-state index contributed by atoms with van der Waals surface area (Å²) in [5.74, 6) is -1.39. The predicted octanol–water partition coefficient (Wildman–Crippen LogP) is -0.116. The lowest BCUT2D eigenvalue weighted by Gasteiger charge is -2.05. The quantitative estimate of drug-likeness (QED) is 0.724. The van der Waals surface area contributed by atoms with Crippen molar-refractivity contribution >= 4 is 32.7 Å². The van der Waals surface area contributed by atoms with Gasteiger partial charge in [-0.1, -0.05) is 0 Å². The van der Waals surface area contributed by atoms with Crippen molar-refractivity contribution in [1.82, 2.24) is 14.9 Å². The lowest BCUT2D eigenvalue weighted by atomic mass is 10.1. The fraction of sp³-hybridized carbons (Fsp3) is 0.250. The van der Waals surface area contributed by atoms with Crippen molar-refractivity contribution in [3.63, 3.8) is 0 Å². The van der Waals surface area contributed by atoms with Gasteiger partial charge in [0.05, 0.1) is 10.8 Å². The summed E-state index contributed by atoms with van der Waals surface area (Å²) in [6, 6.07) is 4.34. The van der Waals surface area contributed by atoms with E-state index in [-0.39, 0.29) is 11.3 Å². The summed E-state index contributed by atoms with van der Waals surface area (Å²) in [6.07, 6.45) is 1.15. The Morgan fingerprint density at radius 2 is 2.05 bits per heavy atom. The monoisotopic (exact) mass is 308 g/mol. The summed E-state index contributed by atoms with van der Waals surface area (Å²) in [5, 5.41) is 6.34. The first-order valence-corrected chi connectivity index (χ1v) is 7.77. The second-order valence-corrected chi connectivity index (χ2v) is 6.83. The Bertz CT molecular complexity index is 851. The van der Waals surface area contributed by atoms with Gasteiger partial charge in [0.1, 0.15) is 0 Å². The smallest absolute Gasteiger partial charge is 0.269 e. The van der Waals surface area contributed by atoms with Crippen molar-refractivity contribution in [2.45, 2.75) is 18.1 Å². The molecule has 9 heteroatoms. The number of primary amides is 1. The molecule has 0 radical (unpaired) electrons. The van der Waals surface area contributed by atoms with Crippen molar-refractivity contribution in [2.24, 2.45) is 5.73 Å². The van der Waals surface area contributed by atoms with Crippen LogP contribution in [0.1, 0.15) is 33.7 Å². The van der Waals surface area contributed by atoms with Crippen LogP contribution in [-0.2, 0) is 10.0 Å². The Hall–Kier alpha value is -2.42. The maximum absolute atomic E-state index is 12.0. The van der Waals surface area contributed by atoms with Crippen LogP contribution in [0.25, 0.3) is 10.9 Å². The number of nitrogens with zero attached hydrogens (tertiary/aromatic N) is 1. The molecule has 21 heavy (non-hydrogen) atoms. The fourth-order valence-corrected chi connectivity index (χ4v) is 3.30. The molecule has 110 valence electrons. The standard InChI is InChI=1S/C12H12N4O4S/c13-11(17)10-8-4-1-6(5-9(8)14-15-10)12(18)16-21(19,20)7-2-3-7/h1,4-5,7H,2-3H2,(H2,13,17)(H,14,15)(H,16,18). The molecular formula is C12H12N4O4S. The molecule has 0 spiro atoms. The van der Waals surface area contributed by atoms with E-state index in [9.17, 15) is 18.0 Å². The van der Waals surface area contributed by atoms with E-state index in [1.165, 1.54) is 18.2 Å². The zero-order valence-corrected chi connectivity index (χ0v) is 11.6. The topological polar surface area (TPSA) is 135 Å². The van der Waals surface area contributed by atoms with Gasteiger partial charge in [0.15, 0.2) is 5.69 Å². The van der Waals surface area contributed by atoms with Crippen molar-refractivity contribution < 1.29 is 18.0 Å². The van der Waals surface area contributed by atoms with Crippen LogP contribution in [0, 0.1) is 0 Å². The summed E-state index contributed by atoms with van der Waals surface area (Å²) >= 11 is 0. The highest BCUT2D eigenvalue weighted by atomic mass is 32.2. The van der Waals surface area contributed by atoms with Gasteiger partial charge in [0.25, 0.3) is 11.8 Å². The highest BCUT2D eigenvalue weighted by Crippen LogP contribution is 2.27. The molecule has 0 aliphatic heterocycles. The number of fused-ring (bicyclic) bond motifs is 1. The van der Waals surface area contributed by atoms with E-state index in [0.717, 1.165) is 0 Å². The van der Waals surface area contributed by atoms with Crippen LogP contribution in [0.3, 0.4) is 0 Å². The zero-order valence-electron chi connectivity index (χ0n) is 10.8. The Morgan fingerprint density at radius 1 is 1.33 bits per heavy atom. The number of carbonyl (C=O) groups is 2. The first-order chi connectivity index (χ1) is 9.88. The van der Waals surface area contributed by atoms with Crippen molar-refractivity contribution in [3.8, 4) is 0 Å². The predicted molar refractivity (Wildman–Crippen MR) is 74.0 cm³/mol. The Balaban J connectivity index is 1.90. The summed E-state index contributed by atoms with van der Waals surface area (Å²) in [5.41, 5.74) is 5.83. The number of nitrogens with two attached hydrogens (primary N) is 1. The van der Waals surface area contributed by atoms with Crippen molar-refractivity contribution in [1.29, 1.82) is 0 Å². The molecule has 8 nitrogen and oxygen atoms in total. The first kappa shape index (κ1) is 13.6. The molecule has 0 unspecified atom stereocenters. The number of aromatic amines is 1. The molecule has 4 N–H and O–H groups in total. The number of amides is 2. The van der Waals surface area contributed by atoms with Crippen molar-refractivity contribution in [2.75, 3.05) is 0 Å². The van der Waals surface area contributed by atoms with Crippen LogP contribution in [0.15, 0.2) is 18.2 Å². The summed E-state index contributed by atoms with van der Waals surface area (Å²) in [6.45, 7) is 0. The third-order valence-electron chi connectivity index (χ3n) is 3.26. The van der Waals surface area contributed by atoms with Gasteiger partial charge >= 0.3 is 0 Å². The molecule has 1 aliphatic carbocycles. The van der Waals surface area contributed by atoms with Crippen LogP contribution in [0.5, 0.6) is 0 Å². The number of rotatable bonds is 4. The van der Waals surface area contributed by atoms with Gasteiger partial charge in [-0.05, 0) is 31.0 Å². The average molecular weight is 308 g/mol. The summed E-state index contributed by atoms with van der Waals surface area (Å²) < 4.78 is 25.5. The molecule has 1 heterocycles. The average Bonchev–Trinajstić information content (AvgIpc) is 3.18. The summed E-state index contributed by atoms with van der Waals surface area (Å²) in [7, 11) is -3.60. The van der Waals surface area contributed by atoms with E-state index in [2.05, 4.69) is 10.2 Å². The van der Waals surface area contributed by atoms with E-state index >= 15 is 0 Å². The number of hydrogen-bond acceptors (Lipinski definition) is 5. The van der Waals surface area contributed by atoms with E-state index in [1.807, 2.05) is 4.72 Å². The SMILES string of the molecule is NC(=O)c1n[nH]c2cc(C(=O)NS(=O)(=O)C3CC3)ccc12. The van der Waals surface area contributed by atoms with E-state index < -0.39 is 27.1 Å². The molecule has 0 saturated heterocycles. The number of nitrogens with one attached hydrogen (secondary N) is 2. The molecule has 1 aromatic heterocycles. The minimum Gasteiger partial charge on any atom is -0.364 e. The molecule has 0 atom stereocenters. The fourth-order valence-electron chi connectivity index (χ4n) is 2.00. The lowest BCUT2D eigenvalue weighted by molar-refractivity contribution is 0.0978. The minimum absolute atomic E-state index is 0.0718. The number of carbonyl (C=O) groups excluding carboxylic acids is 2.